The van der Waals surface area contributed by atoms with Crippen molar-refractivity contribution in [3.8, 4) is 17.2 Å². The summed E-state index contributed by atoms with van der Waals surface area (Å²) in [6, 6.07) is 18.9. The van der Waals surface area contributed by atoms with Gasteiger partial charge in [-0.25, -0.2) is 0 Å². The molecule has 2 aromatic rings. The Hall–Kier alpha value is -2.27. The van der Waals surface area contributed by atoms with Crippen LogP contribution in [0.4, 0.5) is 5.69 Å². The molecule has 1 saturated heterocycles. The Bertz CT molecular complexity index is 655. The summed E-state index contributed by atoms with van der Waals surface area (Å²) in [6.45, 7) is 4.39. The Morgan fingerprint density at radius 2 is 1.90 bits per heavy atom. The van der Waals surface area contributed by atoms with Gasteiger partial charge in [0.05, 0.1) is 11.3 Å². The molecule has 2 heteroatoms. The first-order valence-electron chi connectivity index (χ1n) is 7.62. The number of hydrogen-bond donors (Lipinski definition) is 0. The van der Waals surface area contributed by atoms with Crippen LogP contribution in [0.25, 0.3) is 11.1 Å². The van der Waals surface area contributed by atoms with Crippen molar-refractivity contribution >= 4 is 5.69 Å². The third-order valence-electron chi connectivity index (χ3n) is 4.22. The number of benzene rings is 2. The second-order valence-corrected chi connectivity index (χ2v) is 5.90. The first-order valence-corrected chi connectivity index (χ1v) is 7.62. The molecule has 2 nitrogen and oxygen atoms in total. The normalized spacial score (nSPS) is 18.3. The molecule has 2 aromatic carbocycles. The zero-order valence-electron chi connectivity index (χ0n) is 12.4. The van der Waals surface area contributed by atoms with Crippen LogP contribution in [-0.2, 0) is 0 Å². The first-order chi connectivity index (χ1) is 10.3. The molecule has 0 N–H and O–H groups in total. The maximum atomic E-state index is 9.40. The van der Waals surface area contributed by atoms with E-state index in [1.807, 2.05) is 18.2 Å². The second kappa shape index (κ2) is 6.01. The highest BCUT2D eigenvalue weighted by Crippen LogP contribution is 2.30. The van der Waals surface area contributed by atoms with Crippen molar-refractivity contribution in [3.63, 3.8) is 0 Å². The SMILES string of the molecule is CC1CCCN(c2cc(-c3ccccc3)ccc2C#N)C1. The van der Waals surface area contributed by atoms with E-state index in [0.717, 1.165) is 24.3 Å². The molecular weight excluding hydrogens is 256 g/mol. The van der Waals surface area contributed by atoms with Crippen LogP contribution in [0, 0.1) is 17.2 Å². The fraction of sp³-hybridized carbons (Fsp3) is 0.316. The largest absolute Gasteiger partial charge is 0.370 e. The summed E-state index contributed by atoms with van der Waals surface area (Å²) in [4.78, 5) is 2.37. The Morgan fingerprint density at radius 1 is 1.10 bits per heavy atom. The highest BCUT2D eigenvalue weighted by molar-refractivity contribution is 5.72. The van der Waals surface area contributed by atoms with Crippen molar-refractivity contribution in [1.82, 2.24) is 0 Å². The molecule has 1 heterocycles. The van der Waals surface area contributed by atoms with E-state index in [1.54, 1.807) is 0 Å². The van der Waals surface area contributed by atoms with Crippen molar-refractivity contribution in [3.05, 3.63) is 54.1 Å². The summed E-state index contributed by atoms with van der Waals surface area (Å²) in [6.07, 6.45) is 2.50. The Balaban J connectivity index is 2.00. The van der Waals surface area contributed by atoms with E-state index in [2.05, 4.69) is 48.2 Å². The van der Waals surface area contributed by atoms with Gasteiger partial charge < -0.3 is 4.90 Å². The lowest BCUT2D eigenvalue weighted by Crippen LogP contribution is -2.34. The molecular formula is C19H20N2. The van der Waals surface area contributed by atoms with Gasteiger partial charge in [0.1, 0.15) is 6.07 Å². The van der Waals surface area contributed by atoms with Crippen LogP contribution < -0.4 is 4.90 Å². The maximum absolute atomic E-state index is 9.40. The van der Waals surface area contributed by atoms with Gasteiger partial charge in [-0.2, -0.15) is 5.26 Å². The third kappa shape index (κ3) is 2.92. The highest BCUT2D eigenvalue weighted by Gasteiger charge is 2.19. The van der Waals surface area contributed by atoms with Crippen LogP contribution in [-0.4, -0.2) is 13.1 Å². The van der Waals surface area contributed by atoms with Gasteiger partial charge in [-0.15, -0.1) is 0 Å². The minimum Gasteiger partial charge on any atom is -0.370 e. The monoisotopic (exact) mass is 276 g/mol. The van der Waals surface area contributed by atoms with Crippen molar-refractivity contribution in [2.45, 2.75) is 19.8 Å². The number of piperidine rings is 1. The Labute approximate surface area is 126 Å². The van der Waals surface area contributed by atoms with Crippen LogP contribution in [0.5, 0.6) is 0 Å². The molecule has 0 bridgehead atoms. The predicted molar refractivity (Wildman–Crippen MR) is 87.2 cm³/mol. The fourth-order valence-electron chi connectivity index (χ4n) is 3.11. The molecule has 1 unspecified atom stereocenters. The van der Waals surface area contributed by atoms with Gasteiger partial charge in [0.15, 0.2) is 0 Å². The highest BCUT2D eigenvalue weighted by atomic mass is 15.1. The molecule has 0 aliphatic carbocycles. The molecule has 0 radical (unpaired) electrons. The predicted octanol–water partition coefficient (Wildman–Crippen LogP) is 4.46. The first kappa shape index (κ1) is 13.7. The van der Waals surface area contributed by atoms with Gasteiger partial charge in [-0.05, 0) is 42.0 Å². The molecule has 3 rings (SSSR count). The van der Waals surface area contributed by atoms with Crippen molar-refractivity contribution in [2.75, 3.05) is 18.0 Å². The van der Waals surface area contributed by atoms with Crippen LogP contribution in [0.15, 0.2) is 48.5 Å². The van der Waals surface area contributed by atoms with Gasteiger partial charge in [-0.3, -0.25) is 0 Å². The summed E-state index contributed by atoms with van der Waals surface area (Å²) in [5.41, 5.74) is 4.25. The second-order valence-electron chi connectivity index (χ2n) is 5.90. The van der Waals surface area contributed by atoms with Gasteiger partial charge in [-0.1, -0.05) is 43.3 Å². The molecule has 21 heavy (non-hydrogen) atoms. The van der Waals surface area contributed by atoms with Crippen LogP contribution in [0.2, 0.25) is 0 Å². The quantitative estimate of drug-likeness (QED) is 0.809. The minimum absolute atomic E-state index is 0.700. The number of rotatable bonds is 2. The minimum atomic E-state index is 0.700. The molecule has 0 amide bonds. The topological polar surface area (TPSA) is 27.0 Å². The molecule has 1 atom stereocenters. The zero-order chi connectivity index (χ0) is 14.7. The molecule has 0 aromatic heterocycles. The van der Waals surface area contributed by atoms with E-state index in [9.17, 15) is 5.26 Å². The molecule has 0 saturated carbocycles. The van der Waals surface area contributed by atoms with Gasteiger partial charge >= 0.3 is 0 Å². The lowest BCUT2D eigenvalue weighted by Gasteiger charge is -2.33. The smallest absolute Gasteiger partial charge is 0.101 e. The molecule has 106 valence electrons. The summed E-state index contributed by atoms with van der Waals surface area (Å²) in [5, 5.41) is 9.40. The Morgan fingerprint density at radius 3 is 2.62 bits per heavy atom. The summed E-state index contributed by atoms with van der Waals surface area (Å²) >= 11 is 0. The van der Waals surface area contributed by atoms with E-state index in [1.165, 1.54) is 24.0 Å². The zero-order valence-corrected chi connectivity index (χ0v) is 12.4. The van der Waals surface area contributed by atoms with Gasteiger partial charge in [0, 0.05) is 13.1 Å². The number of anilines is 1. The average Bonchev–Trinajstić information content (AvgIpc) is 2.55. The number of hydrogen-bond acceptors (Lipinski definition) is 2. The van der Waals surface area contributed by atoms with E-state index >= 15 is 0 Å². The van der Waals surface area contributed by atoms with Crippen molar-refractivity contribution in [1.29, 1.82) is 5.26 Å². The van der Waals surface area contributed by atoms with Crippen molar-refractivity contribution < 1.29 is 0 Å². The van der Waals surface area contributed by atoms with E-state index in [0.29, 0.717) is 5.92 Å². The summed E-state index contributed by atoms with van der Waals surface area (Å²) in [7, 11) is 0. The van der Waals surface area contributed by atoms with Gasteiger partial charge in [0.2, 0.25) is 0 Å². The molecule has 1 aliphatic heterocycles. The summed E-state index contributed by atoms with van der Waals surface area (Å²) < 4.78 is 0. The molecule has 1 fully saturated rings. The maximum Gasteiger partial charge on any atom is 0.101 e. The average molecular weight is 276 g/mol. The Kier molecular flexibility index (Phi) is 3.92. The van der Waals surface area contributed by atoms with Crippen LogP contribution in [0.1, 0.15) is 25.3 Å². The molecule has 0 spiro atoms. The number of nitriles is 1. The molecule has 1 aliphatic rings. The fourth-order valence-corrected chi connectivity index (χ4v) is 3.11. The summed E-state index contributed by atoms with van der Waals surface area (Å²) in [5.74, 6) is 0.700. The van der Waals surface area contributed by atoms with E-state index in [-0.39, 0.29) is 0 Å². The lowest BCUT2D eigenvalue weighted by molar-refractivity contribution is 0.446. The standard InChI is InChI=1S/C19H20N2/c1-15-6-5-11-21(14-15)19-12-17(9-10-18(19)13-20)16-7-3-2-4-8-16/h2-4,7-10,12,15H,5-6,11,14H2,1H3. The van der Waals surface area contributed by atoms with E-state index in [4.69, 9.17) is 0 Å². The van der Waals surface area contributed by atoms with E-state index < -0.39 is 0 Å². The van der Waals surface area contributed by atoms with Crippen LogP contribution >= 0.6 is 0 Å². The lowest BCUT2D eigenvalue weighted by atomic mass is 9.97. The third-order valence-corrected chi connectivity index (χ3v) is 4.22. The number of nitrogens with zero attached hydrogens (tertiary/aromatic N) is 2. The van der Waals surface area contributed by atoms with Gasteiger partial charge in [0.25, 0.3) is 0 Å². The van der Waals surface area contributed by atoms with Crippen LogP contribution in [0.3, 0.4) is 0 Å². The van der Waals surface area contributed by atoms with Crippen molar-refractivity contribution in [2.24, 2.45) is 5.92 Å².